The van der Waals surface area contributed by atoms with Crippen molar-refractivity contribution >= 4 is 0 Å². The normalized spacial score (nSPS) is 22.3. The van der Waals surface area contributed by atoms with Gasteiger partial charge in [-0.1, -0.05) is 13.3 Å². The summed E-state index contributed by atoms with van der Waals surface area (Å²) < 4.78 is 5.23. The van der Waals surface area contributed by atoms with Crippen molar-refractivity contribution in [1.29, 1.82) is 0 Å². The minimum atomic E-state index is 0.851. The average molecular weight is 127 g/mol. The monoisotopic (exact) mass is 127 g/mol. The standard InChI is InChI=1S/C8H15O/c1-2-3-8-4-6-9-7-5-8/h3,8H,2,4-7H2,1H3. The van der Waals surface area contributed by atoms with Gasteiger partial charge in [-0.05, 0) is 25.2 Å². The summed E-state index contributed by atoms with van der Waals surface area (Å²) in [7, 11) is 0. The molecule has 1 heteroatoms. The average Bonchev–Trinajstić information content (AvgIpc) is 1.91. The first-order valence-corrected chi connectivity index (χ1v) is 3.84. The molecule has 0 atom stereocenters. The molecule has 1 fully saturated rings. The molecule has 53 valence electrons. The molecule has 0 N–H and O–H groups in total. The van der Waals surface area contributed by atoms with Crippen molar-refractivity contribution in [3.63, 3.8) is 0 Å². The van der Waals surface area contributed by atoms with E-state index in [4.69, 9.17) is 4.74 Å². The highest BCUT2D eigenvalue weighted by Crippen LogP contribution is 2.18. The zero-order chi connectivity index (χ0) is 6.53. The Bertz CT molecular complexity index is 62.2. The summed E-state index contributed by atoms with van der Waals surface area (Å²) in [5.41, 5.74) is 0. The van der Waals surface area contributed by atoms with Gasteiger partial charge in [-0.15, -0.1) is 0 Å². The summed E-state index contributed by atoms with van der Waals surface area (Å²) in [4.78, 5) is 0. The van der Waals surface area contributed by atoms with Gasteiger partial charge >= 0.3 is 0 Å². The summed E-state index contributed by atoms with van der Waals surface area (Å²) >= 11 is 0. The smallest absolute Gasteiger partial charge is 0.0468 e. The second-order valence-electron chi connectivity index (χ2n) is 2.59. The third-order valence-electron chi connectivity index (χ3n) is 1.83. The second kappa shape index (κ2) is 3.89. The first-order chi connectivity index (χ1) is 4.43. The Kier molecular flexibility index (Phi) is 3.05. The van der Waals surface area contributed by atoms with Crippen molar-refractivity contribution < 1.29 is 4.74 Å². The number of hydrogen-bond donors (Lipinski definition) is 0. The maximum atomic E-state index is 5.23. The van der Waals surface area contributed by atoms with Gasteiger partial charge in [0.2, 0.25) is 0 Å². The van der Waals surface area contributed by atoms with E-state index in [0.29, 0.717) is 0 Å². The van der Waals surface area contributed by atoms with E-state index in [-0.39, 0.29) is 0 Å². The summed E-state index contributed by atoms with van der Waals surface area (Å²) in [6.07, 6.45) is 6.11. The Hall–Kier alpha value is -0.0400. The van der Waals surface area contributed by atoms with Crippen LogP contribution in [0.3, 0.4) is 0 Å². The highest BCUT2D eigenvalue weighted by molar-refractivity contribution is 4.76. The van der Waals surface area contributed by atoms with E-state index in [1.54, 1.807) is 0 Å². The summed E-state index contributed by atoms with van der Waals surface area (Å²) in [5.74, 6) is 0.851. The number of hydrogen-bond acceptors (Lipinski definition) is 1. The third kappa shape index (κ3) is 2.35. The largest absolute Gasteiger partial charge is 0.381 e. The summed E-state index contributed by atoms with van der Waals surface area (Å²) in [6.45, 7) is 4.15. The highest BCUT2D eigenvalue weighted by atomic mass is 16.5. The molecule has 0 aliphatic carbocycles. The molecular formula is C8H15O. The lowest BCUT2D eigenvalue weighted by Gasteiger charge is -2.20. The topological polar surface area (TPSA) is 9.23 Å². The quantitative estimate of drug-likeness (QED) is 0.551. The SMILES string of the molecule is CC[CH]C1CCOCC1. The molecule has 1 radical (unpaired) electrons. The molecule has 0 bridgehead atoms. The lowest BCUT2D eigenvalue weighted by atomic mass is 9.95. The van der Waals surface area contributed by atoms with Crippen molar-refractivity contribution in [2.45, 2.75) is 26.2 Å². The molecule has 1 aliphatic heterocycles. The van der Waals surface area contributed by atoms with E-state index in [1.807, 2.05) is 0 Å². The van der Waals surface area contributed by atoms with Crippen LogP contribution >= 0.6 is 0 Å². The molecule has 0 aromatic carbocycles. The van der Waals surface area contributed by atoms with Crippen LogP contribution in [-0.2, 0) is 4.74 Å². The van der Waals surface area contributed by atoms with Gasteiger partial charge in [-0.2, -0.15) is 0 Å². The predicted octanol–water partition coefficient (Wildman–Crippen LogP) is 2.03. The van der Waals surface area contributed by atoms with Crippen molar-refractivity contribution in [1.82, 2.24) is 0 Å². The minimum Gasteiger partial charge on any atom is -0.381 e. The van der Waals surface area contributed by atoms with Gasteiger partial charge in [-0.25, -0.2) is 0 Å². The molecule has 9 heavy (non-hydrogen) atoms. The van der Waals surface area contributed by atoms with Gasteiger partial charge in [0.05, 0.1) is 0 Å². The summed E-state index contributed by atoms with van der Waals surface area (Å²) in [6, 6.07) is 0. The lowest BCUT2D eigenvalue weighted by molar-refractivity contribution is 0.0741. The van der Waals surface area contributed by atoms with Crippen LogP contribution < -0.4 is 0 Å². The molecule has 0 spiro atoms. The first kappa shape index (κ1) is 7.07. The Morgan fingerprint density at radius 2 is 2.11 bits per heavy atom. The Labute approximate surface area is 57.4 Å². The van der Waals surface area contributed by atoms with Gasteiger partial charge < -0.3 is 4.74 Å². The first-order valence-electron chi connectivity index (χ1n) is 3.84. The maximum absolute atomic E-state index is 5.23. The predicted molar refractivity (Wildman–Crippen MR) is 38.1 cm³/mol. The van der Waals surface area contributed by atoms with Crippen LogP contribution in [0.5, 0.6) is 0 Å². The van der Waals surface area contributed by atoms with E-state index in [9.17, 15) is 0 Å². The van der Waals surface area contributed by atoms with Crippen LogP contribution in [0, 0.1) is 12.3 Å². The van der Waals surface area contributed by atoms with Crippen molar-refractivity contribution in [2.24, 2.45) is 5.92 Å². The Balaban J connectivity index is 2.08. The van der Waals surface area contributed by atoms with Crippen LogP contribution in [0.15, 0.2) is 0 Å². The van der Waals surface area contributed by atoms with Gasteiger partial charge in [0.1, 0.15) is 0 Å². The summed E-state index contributed by atoms with van der Waals surface area (Å²) in [5, 5.41) is 0. The van der Waals surface area contributed by atoms with Crippen molar-refractivity contribution in [3.8, 4) is 0 Å². The van der Waals surface area contributed by atoms with Crippen molar-refractivity contribution in [2.75, 3.05) is 13.2 Å². The zero-order valence-corrected chi connectivity index (χ0v) is 6.10. The molecule has 1 rings (SSSR count). The lowest BCUT2D eigenvalue weighted by Crippen LogP contribution is -2.15. The van der Waals surface area contributed by atoms with Gasteiger partial charge in [0.15, 0.2) is 0 Å². The van der Waals surface area contributed by atoms with Crippen LogP contribution in [0.4, 0.5) is 0 Å². The molecule has 1 saturated heterocycles. The van der Waals surface area contributed by atoms with Crippen LogP contribution in [-0.4, -0.2) is 13.2 Å². The molecule has 0 saturated carbocycles. The molecule has 0 aromatic rings. The third-order valence-corrected chi connectivity index (χ3v) is 1.83. The van der Waals surface area contributed by atoms with Gasteiger partial charge in [-0.3, -0.25) is 0 Å². The molecule has 0 amide bonds. The highest BCUT2D eigenvalue weighted by Gasteiger charge is 2.11. The van der Waals surface area contributed by atoms with E-state index in [0.717, 1.165) is 19.1 Å². The minimum absolute atomic E-state index is 0.851. The fraction of sp³-hybridized carbons (Fsp3) is 0.875. The van der Waals surface area contributed by atoms with Gasteiger partial charge in [0.25, 0.3) is 0 Å². The number of ether oxygens (including phenoxy) is 1. The van der Waals surface area contributed by atoms with E-state index in [2.05, 4.69) is 13.3 Å². The van der Waals surface area contributed by atoms with Crippen LogP contribution in [0.1, 0.15) is 26.2 Å². The molecule has 1 heterocycles. The number of rotatable bonds is 2. The molecule has 0 aromatic heterocycles. The van der Waals surface area contributed by atoms with Gasteiger partial charge in [0, 0.05) is 13.2 Å². The Morgan fingerprint density at radius 1 is 1.44 bits per heavy atom. The van der Waals surface area contributed by atoms with Crippen LogP contribution in [0.25, 0.3) is 0 Å². The fourth-order valence-electron chi connectivity index (χ4n) is 1.28. The van der Waals surface area contributed by atoms with E-state index in [1.165, 1.54) is 19.3 Å². The molecule has 1 nitrogen and oxygen atoms in total. The van der Waals surface area contributed by atoms with Crippen LogP contribution in [0.2, 0.25) is 0 Å². The molecule has 0 unspecified atom stereocenters. The Morgan fingerprint density at radius 3 is 2.67 bits per heavy atom. The second-order valence-corrected chi connectivity index (χ2v) is 2.59. The maximum Gasteiger partial charge on any atom is 0.0468 e. The van der Waals surface area contributed by atoms with Crippen molar-refractivity contribution in [3.05, 3.63) is 6.42 Å². The fourth-order valence-corrected chi connectivity index (χ4v) is 1.28. The van der Waals surface area contributed by atoms with E-state index >= 15 is 0 Å². The van der Waals surface area contributed by atoms with E-state index < -0.39 is 0 Å². The zero-order valence-electron chi connectivity index (χ0n) is 6.10. The molecule has 1 aliphatic rings. The molecular weight excluding hydrogens is 112 g/mol.